The average molecular weight is 462 g/mol. The van der Waals surface area contributed by atoms with Gasteiger partial charge >= 0.3 is 0 Å². The van der Waals surface area contributed by atoms with E-state index < -0.39 is 0 Å². The number of ether oxygens (including phenoxy) is 2. The zero-order valence-electron chi connectivity index (χ0n) is 19.4. The molecule has 1 N–H and O–H groups in total. The number of aryl methyl sites for hydroxylation is 1. The van der Waals surface area contributed by atoms with E-state index in [0.717, 1.165) is 50.9 Å². The first-order chi connectivity index (χ1) is 17.2. The number of benzene rings is 3. The molecule has 35 heavy (non-hydrogen) atoms. The SMILES string of the molecule is CCc1cccc(-n2c3cc(Oc4ccc5cccc(O)c5n4)ccc3c3cccc(OC)c32)n1. The van der Waals surface area contributed by atoms with E-state index in [2.05, 4.69) is 22.5 Å². The van der Waals surface area contributed by atoms with Crippen LogP contribution in [0.15, 0.2) is 84.9 Å². The Hall–Kier alpha value is -4.58. The van der Waals surface area contributed by atoms with Crippen LogP contribution in [0.3, 0.4) is 0 Å². The lowest BCUT2D eigenvalue weighted by atomic mass is 10.1. The molecule has 0 radical (unpaired) electrons. The van der Waals surface area contributed by atoms with Crippen molar-refractivity contribution in [3.05, 3.63) is 90.6 Å². The summed E-state index contributed by atoms with van der Waals surface area (Å²) in [5, 5.41) is 13.2. The Morgan fingerprint density at radius 1 is 0.857 bits per heavy atom. The minimum Gasteiger partial charge on any atom is -0.506 e. The molecule has 0 saturated heterocycles. The number of nitrogens with zero attached hydrogens (tertiary/aromatic N) is 3. The molecular weight excluding hydrogens is 438 g/mol. The van der Waals surface area contributed by atoms with Gasteiger partial charge in [-0.15, -0.1) is 0 Å². The molecule has 0 bridgehead atoms. The van der Waals surface area contributed by atoms with Crippen LogP contribution in [-0.4, -0.2) is 26.8 Å². The zero-order chi connectivity index (χ0) is 23.9. The van der Waals surface area contributed by atoms with Crippen molar-refractivity contribution in [3.63, 3.8) is 0 Å². The molecule has 0 aliphatic rings. The minimum atomic E-state index is 0.123. The molecule has 6 aromatic rings. The summed E-state index contributed by atoms with van der Waals surface area (Å²) in [5.74, 6) is 2.76. The number of rotatable bonds is 5. The largest absolute Gasteiger partial charge is 0.506 e. The molecule has 0 fully saturated rings. The van der Waals surface area contributed by atoms with Crippen LogP contribution in [0.4, 0.5) is 0 Å². The van der Waals surface area contributed by atoms with Gasteiger partial charge in [-0.25, -0.2) is 9.97 Å². The summed E-state index contributed by atoms with van der Waals surface area (Å²) in [6.07, 6.45) is 0.844. The summed E-state index contributed by atoms with van der Waals surface area (Å²) < 4.78 is 14.0. The molecule has 6 rings (SSSR count). The van der Waals surface area contributed by atoms with Crippen LogP contribution in [-0.2, 0) is 6.42 Å². The molecule has 0 amide bonds. The molecule has 3 aromatic heterocycles. The molecule has 0 spiro atoms. The summed E-state index contributed by atoms with van der Waals surface area (Å²) in [6, 6.07) is 27.1. The fraction of sp³-hybridized carbons (Fsp3) is 0.103. The number of methoxy groups -OCH3 is 1. The van der Waals surface area contributed by atoms with Crippen molar-refractivity contribution < 1.29 is 14.6 Å². The zero-order valence-corrected chi connectivity index (χ0v) is 19.4. The van der Waals surface area contributed by atoms with Crippen LogP contribution in [0.1, 0.15) is 12.6 Å². The average Bonchev–Trinajstić information content (AvgIpc) is 3.23. The standard InChI is InChI=1S/C29H23N3O3/c1-3-19-8-5-12-26(30-19)32-23-17-20(14-15-21(23)22-9-6-11-25(34-2)29(22)32)35-27-16-13-18-7-4-10-24(33)28(18)31-27/h4-17,33H,3H2,1-2H3. The molecule has 6 heteroatoms. The molecule has 0 saturated carbocycles. The van der Waals surface area contributed by atoms with Crippen LogP contribution in [0.5, 0.6) is 23.1 Å². The van der Waals surface area contributed by atoms with Gasteiger partial charge in [0.05, 0.1) is 18.1 Å². The lowest BCUT2D eigenvalue weighted by molar-refractivity contribution is 0.418. The highest BCUT2D eigenvalue weighted by molar-refractivity contribution is 6.11. The second-order valence-electron chi connectivity index (χ2n) is 8.31. The third-order valence-electron chi connectivity index (χ3n) is 6.22. The first kappa shape index (κ1) is 21.0. The van der Waals surface area contributed by atoms with Crippen molar-refractivity contribution in [2.75, 3.05) is 7.11 Å². The van der Waals surface area contributed by atoms with Gasteiger partial charge in [0.1, 0.15) is 28.6 Å². The molecule has 0 aliphatic heterocycles. The highest BCUT2D eigenvalue weighted by Crippen LogP contribution is 2.39. The molecule has 0 aliphatic carbocycles. The van der Waals surface area contributed by atoms with E-state index >= 15 is 0 Å². The number of para-hydroxylation sites is 2. The van der Waals surface area contributed by atoms with E-state index in [9.17, 15) is 5.11 Å². The first-order valence-electron chi connectivity index (χ1n) is 11.5. The molecule has 0 unspecified atom stereocenters. The lowest BCUT2D eigenvalue weighted by Gasteiger charge is -2.11. The van der Waals surface area contributed by atoms with Crippen molar-refractivity contribution in [1.29, 1.82) is 0 Å². The van der Waals surface area contributed by atoms with Gasteiger partial charge in [-0.05, 0) is 48.9 Å². The highest BCUT2D eigenvalue weighted by Gasteiger charge is 2.18. The Bertz CT molecular complexity index is 1720. The predicted molar refractivity (Wildman–Crippen MR) is 138 cm³/mol. The van der Waals surface area contributed by atoms with Crippen molar-refractivity contribution in [2.24, 2.45) is 0 Å². The fourth-order valence-electron chi connectivity index (χ4n) is 4.56. The molecule has 0 atom stereocenters. The number of fused-ring (bicyclic) bond motifs is 4. The fourth-order valence-corrected chi connectivity index (χ4v) is 4.56. The molecule has 3 heterocycles. The number of aromatic nitrogens is 3. The Labute approximate surface area is 202 Å². The van der Waals surface area contributed by atoms with E-state index in [4.69, 9.17) is 14.5 Å². The van der Waals surface area contributed by atoms with E-state index in [0.29, 0.717) is 17.1 Å². The number of hydrogen-bond donors (Lipinski definition) is 1. The number of hydrogen-bond acceptors (Lipinski definition) is 5. The predicted octanol–water partition coefficient (Wildman–Crippen LogP) is 6.80. The van der Waals surface area contributed by atoms with E-state index in [1.54, 1.807) is 25.3 Å². The van der Waals surface area contributed by atoms with E-state index in [1.165, 1.54) is 0 Å². The Kier molecular flexibility index (Phi) is 4.99. The topological polar surface area (TPSA) is 69.4 Å². The van der Waals surface area contributed by atoms with E-state index in [1.807, 2.05) is 60.7 Å². The second-order valence-corrected chi connectivity index (χ2v) is 8.31. The monoisotopic (exact) mass is 461 g/mol. The molecular formula is C29H23N3O3. The summed E-state index contributed by atoms with van der Waals surface area (Å²) >= 11 is 0. The molecule has 172 valence electrons. The highest BCUT2D eigenvalue weighted by atomic mass is 16.5. The van der Waals surface area contributed by atoms with Gasteiger partial charge in [0.25, 0.3) is 0 Å². The number of aromatic hydroxyl groups is 1. The van der Waals surface area contributed by atoms with E-state index in [-0.39, 0.29) is 5.75 Å². The van der Waals surface area contributed by atoms with Crippen LogP contribution >= 0.6 is 0 Å². The maximum absolute atomic E-state index is 10.2. The van der Waals surface area contributed by atoms with Crippen LogP contribution in [0, 0.1) is 0 Å². The summed E-state index contributed by atoms with van der Waals surface area (Å²) in [7, 11) is 1.68. The molecule has 6 nitrogen and oxygen atoms in total. The second kappa shape index (κ2) is 8.33. The van der Waals surface area contributed by atoms with Gasteiger partial charge in [0.2, 0.25) is 5.88 Å². The maximum Gasteiger partial charge on any atom is 0.219 e. The number of phenols is 1. The third kappa shape index (κ3) is 3.51. The quantitative estimate of drug-likeness (QED) is 0.306. The van der Waals surface area contributed by atoms with Crippen molar-refractivity contribution in [3.8, 4) is 28.9 Å². The van der Waals surface area contributed by atoms with Gasteiger partial charge in [-0.2, -0.15) is 0 Å². The summed E-state index contributed by atoms with van der Waals surface area (Å²) in [5.41, 5.74) is 3.42. The third-order valence-corrected chi connectivity index (χ3v) is 6.22. The smallest absolute Gasteiger partial charge is 0.219 e. The molecule has 3 aromatic carbocycles. The van der Waals surface area contributed by atoms with Crippen molar-refractivity contribution >= 4 is 32.7 Å². The van der Waals surface area contributed by atoms with Gasteiger partial charge in [0.15, 0.2) is 0 Å². The normalized spacial score (nSPS) is 11.4. The Morgan fingerprint density at radius 3 is 2.57 bits per heavy atom. The van der Waals surface area contributed by atoms with Gasteiger partial charge < -0.3 is 14.6 Å². The van der Waals surface area contributed by atoms with Gasteiger partial charge in [-0.3, -0.25) is 4.57 Å². The Balaban J connectivity index is 1.55. The van der Waals surface area contributed by atoms with Crippen molar-refractivity contribution in [2.45, 2.75) is 13.3 Å². The van der Waals surface area contributed by atoms with Gasteiger partial charge in [0, 0.05) is 34.0 Å². The summed E-state index contributed by atoms with van der Waals surface area (Å²) in [4.78, 5) is 9.41. The van der Waals surface area contributed by atoms with Gasteiger partial charge in [-0.1, -0.05) is 37.3 Å². The first-order valence-corrected chi connectivity index (χ1v) is 11.5. The van der Waals surface area contributed by atoms with Crippen LogP contribution in [0.25, 0.3) is 38.5 Å². The Morgan fingerprint density at radius 2 is 1.71 bits per heavy atom. The minimum absolute atomic E-state index is 0.123. The van der Waals surface area contributed by atoms with Crippen molar-refractivity contribution in [1.82, 2.24) is 14.5 Å². The lowest BCUT2D eigenvalue weighted by Crippen LogP contribution is -2.01. The van der Waals surface area contributed by atoms with Crippen LogP contribution < -0.4 is 9.47 Å². The number of phenolic OH excluding ortho intramolecular Hbond substituents is 1. The van der Waals surface area contributed by atoms with Crippen LogP contribution in [0.2, 0.25) is 0 Å². The number of pyridine rings is 2. The summed E-state index contributed by atoms with van der Waals surface area (Å²) in [6.45, 7) is 2.10. The maximum atomic E-state index is 10.2.